The van der Waals surface area contributed by atoms with Gasteiger partial charge in [0.25, 0.3) is 0 Å². The quantitative estimate of drug-likeness (QED) is 0.731. The first-order valence-electron chi connectivity index (χ1n) is 5.78. The van der Waals surface area contributed by atoms with E-state index in [1.54, 1.807) is 12.1 Å². The van der Waals surface area contributed by atoms with E-state index in [-0.39, 0.29) is 17.5 Å². The minimum Gasteiger partial charge on any atom is -0.508 e. The zero-order valence-electron chi connectivity index (χ0n) is 10.6. The highest BCUT2D eigenvalue weighted by Crippen LogP contribution is 2.27. The van der Waals surface area contributed by atoms with Crippen LogP contribution in [0.25, 0.3) is 0 Å². The van der Waals surface area contributed by atoms with E-state index < -0.39 is 0 Å². The third-order valence-corrected chi connectivity index (χ3v) is 3.61. The number of hydrogen-bond donors (Lipinski definition) is 3. The summed E-state index contributed by atoms with van der Waals surface area (Å²) in [4.78, 5) is 0. The number of phenolic OH excluding ortho intramolecular Hbond substituents is 2. The summed E-state index contributed by atoms with van der Waals surface area (Å²) in [6.45, 7) is 5.13. The SMILES string of the molecule is CSCC(C)CNC(C)c1ccc(O)cc1O. The molecule has 1 aromatic rings. The highest BCUT2D eigenvalue weighted by atomic mass is 32.2. The Balaban J connectivity index is 2.54. The van der Waals surface area contributed by atoms with Gasteiger partial charge in [-0.3, -0.25) is 0 Å². The molecule has 2 atom stereocenters. The largest absolute Gasteiger partial charge is 0.508 e. The smallest absolute Gasteiger partial charge is 0.124 e. The monoisotopic (exact) mass is 255 g/mol. The second-order valence-corrected chi connectivity index (χ2v) is 5.34. The van der Waals surface area contributed by atoms with E-state index in [1.807, 2.05) is 18.7 Å². The summed E-state index contributed by atoms with van der Waals surface area (Å²) in [6, 6.07) is 4.80. The van der Waals surface area contributed by atoms with Gasteiger partial charge in [0.2, 0.25) is 0 Å². The van der Waals surface area contributed by atoms with E-state index in [2.05, 4.69) is 18.5 Å². The maximum absolute atomic E-state index is 9.73. The van der Waals surface area contributed by atoms with Crippen LogP contribution in [0.2, 0.25) is 0 Å². The number of rotatable bonds is 6. The molecule has 0 heterocycles. The molecule has 0 radical (unpaired) electrons. The molecule has 3 nitrogen and oxygen atoms in total. The second kappa shape index (κ2) is 6.77. The van der Waals surface area contributed by atoms with Crippen molar-refractivity contribution < 1.29 is 10.2 Å². The second-order valence-electron chi connectivity index (χ2n) is 4.43. The topological polar surface area (TPSA) is 52.5 Å². The third kappa shape index (κ3) is 4.48. The van der Waals surface area contributed by atoms with E-state index in [0.29, 0.717) is 5.92 Å². The average Bonchev–Trinajstić information content (AvgIpc) is 2.26. The first-order valence-corrected chi connectivity index (χ1v) is 7.18. The molecular formula is C13H21NO2S. The highest BCUT2D eigenvalue weighted by molar-refractivity contribution is 7.98. The standard InChI is InChI=1S/C13H21NO2S/c1-9(8-17-3)7-14-10(2)12-5-4-11(15)6-13(12)16/h4-6,9-10,14-16H,7-8H2,1-3H3. The van der Waals surface area contributed by atoms with Crippen molar-refractivity contribution in [1.82, 2.24) is 5.32 Å². The Bertz CT molecular complexity index is 357. The lowest BCUT2D eigenvalue weighted by Crippen LogP contribution is -2.25. The fourth-order valence-corrected chi connectivity index (χ4v) is 2.42. The highest BCUT2D eigenvalue weighted by Gasteiger charge is 2.11. The average molecular weight is 255 g/mol. The van der Waals surface area contributed by atoms with E-state index in [1.165, 1.54) is 6.07 Å². The van der Waals surface area contributed by atoms with Crippen LogP contribution in [0, 0.1) is 5.92 Å². The van der Waals surface area contributed by atoms with Gasteiger partial charge in [-0.05, 0) is 37.5 Å². The van der Waals surface area contributed by atoms with Crippen LogP contribution in [-0.2, 0) is 0 Å². The van der Waals surface area contributed by atoms with Crippen LogP contribution in [-0.4, -0.2) is 28.8 Å². The Morgan fingerprint density at radius 3 is 2.59 bits per heavy atom. The summed E-state index contributed by atoms with van der Waals surface area (Å²) in [5.41, 5.74) is 0.819. The molecule has 1 rings (SSSR count). The number of hydrogen-bond acceptors (Lipinski definition) is 4. The molecule has 17 heavy (non-hydrogen) atoms. The molecule has 0 amide bonds. The number of aromatic hydroxyl groups is 2. The third-order valence-electron chi connectivity index (χ3n) is 2.70. The van der Waals surface area contributed by atoms with Gasteiger partial charge >= 0.3 is 0 Å². The van der Waals surface area contributed by atoms with Gasteiger partial charge in [-0.2, -0.15) is 11.8 Å². The van der Waals surface area contributed by atoms with Crippen LogP contribution >= 0.6 is 11.8 Å². The Labute approximate surface area is 107 Å². The molecule has 0 bridgehead atoms. The van der Waals surface area contributed by atoms with Gasteiger partial charge < -0.3 is 15.5 Å². The summed E-state index contributed by atoms with van der Waals surface area (Å²) in [6.07, 6.45) is 2.10. The molecule has 0 spiro atoms. The van der Waals surface area contributed by atoms with Gasteiger partial charge in [-0.25, -0.2) is 0 Å². The Morgan fingerprint density at radius 2 is 2.00 bits per heavy atom. The Morgan fingerprint density at radius 1 is 1.29 bits per heavy atom. The van der Waals surface area contributed by atoms with Crippen molar-refractivity contribution in [3.63, 3.8) is 0 Å². The summed E-state index contributed by atoms with van der Waals surface area (Å²) in [7, 11) is 0. The molecule has 3 N–H and O–H groups in total. The van der Waals surface area contributed by atoms with Crippen molar-refractivity contribution in [2.24, 2.45) is 5.92 Å². The van der Waals surface area contributed by atoms with Crippen LogP contribution in [0.3, 0.4) is 0 Å². The van der Waals surface area contributed by atoms with Crippen LogP contribution in [0.5, 0.6) is 11.5 Å². The molecule has 0 saturated carbocycles. The lowest BCUT2D eigenvalue weighted by molar-refractivity contribution is 0.430. The van der Waals surface area contributed by atoms with E-state index >= 15 is 0 Å². The zero-order valence-corrected chi connectivity index (χ0v) is 11.4. The molecule has 0 aromatic heterocycles. The first kappa shape index (κ1) is 14.2. The predicted molar refractivity (Wildman–Crippen MR) is 73.7 cm³/mol. The van der Waals surface area contributed by atoms with Crippen molar-refractivity contribution >= 4 is 11.8 Å². The van der Waals surface area contributed by atoms with Crippen LogP contribution < -0.4 is 5.32 Å². The maximum Gasteiger partial charge on any atom is 0.124 e. The predicted octanol–water partition coefficient (Wildman–Crippen LogP) is 2.75. The molecular weight excluding hydrogens is 234 g/mol. The minimum absolute atomic E-state index is 0.0832. The van der Waals surface area contributed by atoms with Crippen LogP contribution in [0.15, 0.2) is 18.2 Å². The summed E-state index contributed by atoms with van der Waals surface area (Å²) in [5.74, 6) is 1.96. The van der Waals surface area contributed by atoms with Gasteiger partial charge in [-0.15, -0.1) is 0 Å². The van der Waals surface area contributed by atoms with Gasteiger partial charge in [0.15, 0.2) is 0 Å². The lowest BCUT2D eigenvalue weighted by Gasteiger charge is -2.18. The number of nitrogens with one attached hydrogen (secondary N) is 1. The van der Waals surface area contributed by atoms with Crippen LogP contribution in [0.1, 0.15) is 25.5 Å². The van der Waals surface area contributed by atoms with E-state index in [4.69, 9.17) is 0 Å². The van der Waals surface area contributed by atoms with Crippen LogP contribution in [0.4, 0.5) is 0 Å². The first-order chi connectivity index (χ1) is 8.04. The zero-order chi connectivity index (χ0) is 12.8. The molecule has 0 aliphatic heterocycles. The summed E-state index contributed by atoms with van der Waals surface area (Å²) < 4.78 is 0. The molecule has 2 unspecified atom stereocenters. The number of benzene rings is 1. The van der Waals surface area contributed by atoms with E-state index in [9.17, 15) is 10.2 Å². The minimum atomic E-state index is 0.0832. The fourth-order valence-electron chi connectivity index (χ4n) is 1.73. The normalized spacial score (nSPS) is 14.5. The van der Waals surface area contributed by atoms with E-state index in [0.717, 1.165) is 17.9 Å². The fraction of sp³-hybridized carbons (Fsp3) is 0.538. The molecule has 0 fully saturated rings. The molecule has 0 aliphatic rings. The number of phenols is 2. The summed E-state index contributed by atoms with van der Waals surface area (Å²) >= 11 is 1.84. The summed E-state index contributed by atoms with van der Waals surface area (Å²) in [5, 5.41) is 22.3. The molecule has 0 aliphatic carbocycles. The van der Waals surface area contributed by atoms with Gasteiger partial charge in [0.1, 0.15) is 11.5 Å². The Hall–Kier alpha value is -0.870. The van der Waals surface area contributed by atoms with Gasteiger partial charge in [-0.1, -0.05) is 13.0 Å². The van der Waals surface area contributed by atoms with Crippen molar-refractivity contribution in [1.29, 1.82) is 0 Å². The maximum atomic E-state index is 9.73. The van der Waals surface area contributed by atoms with Crippen molar-refractivity contribution in [3.05, 3.63) is 23.8 Å². The molecule has 0 saturated heterocycles. The number of thioether (sulfide) groups is 1. The molecule has 96 valence electrons. The van der Waals surface area contributed by atoms with Gasteiger partial charge in [0.05, 0.1) is 0 Å². The lowest BCUT2D eigenvalue weighted by atomic mass is 10.1. The Kier molecular flexibility index (Phi) is 5.65. The molecule has 4 heteroatoms. The van der Waals surface area contributed by atoms with Gasteiger partial charge in [0, 0.05) is 17.7 Å². The van der Waals surface area contributed by atoms with Crippen molar-refractivity contribution in [2.45, 2.75) is 19.9 Å². The van der Waals surface area contributed by atoms with Crippen molar-refractivity contribution in [2.75, 3.05) is 18.6 Å². The molecule has 1 aromatic carbocycles. The van der Waals surface area contributed by atoms with Crippen molar-refractivity contribution in [3.8, 4) is 11.5 Å².